The van der Waals surface area contributed by atoms with Gasteiger partial charge in [-0.3, -0.25) is 9.59 Å². The Balaban J connectivity index is 0.000000125. The minimum Gasteiger partial charge on any atom is -0.462 e. The summed E-state index contributed by atoms with van der Waals surface area (Å²) in [6.45, 7) is 18.6. The first-order valence-electron chi connectivity index (χ1n) is 51.2. The number of benzene rings is 1. The number of hydrogen-bond acceptors (Lipinski definition) is 22. The van der Waals surface area contributed by atoms with Crippen molar-refractivity contribution in [1.82, 2.24) is 5.43 Å². The van der Waals surface area contributed by atoms with Gasteiger partial charge in [-0.25, -0.2) is 33.8 Å². The third-order valence-corrected chi connectivity index (χ3v) is 41.5. The second kappa shape index (κ2) is 35.5. The van der Waals surface area contributed by atoms with E-state index in [0.717, 1.165) is 182 Å². The zero-order valence-corrected chi connectivity index (χ0v) is 81.9. The summed E-state index contributed by atoms with van der Waals surface area (Å²) in [7, 11) is 11.9. The van der Waals surface area contributed by atoms with Crippen LogP contribution in [0.4, 0.5) is 4.39 Å². The van der Waals surface area contributed by atoms with Gasteiger partial charge in [0.25, 0.3) is 5.91 Å². The van der Waals surface area contributed by atoms with E-state index in [4.69, 9.17) is 28.4 Å². The molecule has 0 spiro atoms. The smallest absolute Gasteiger partial charge is 0.362 e. The molecule has 26 heteroatoms. The molecule has 28 unspecified atom stereocenters. The molecule has 1 amide bonds. The van der Waals surface area contributed by atoms with E-state index >= 15 is 0 Å². The summed E-state index contributed by atoms with van der Waals surface area (Å²) in [5.74, 6) is 1.58. The van der Waals surface area contributed by atoms with Crippen molar-refractivity contribution in [3.05, 3.63) is 70.6 Å². The fraction of sp³-hybridized carbons (Fsp3) is 0.804. The summed E-state index contributed by atoms with van der Waals surface area (Å²) in [6.07, 6.45) is 33.3. The van der Waals surface area contributed by atoms with Crippen LogP contribution in [0.1, 0.15) is 284 Å². The highest BCUT2D eigenvalue weighted by atomic mass is 19.1. The number of quaternary nitrogens is 2. The first-order valence-corrected chi connectivity index (χ1v) is 51.2. The van der Waals surface area contributed by atoms with Crippen LogP contribution in [0.2, 0.25) is 0 Å². The Morgan fingerprint density at radius 2 is 0.962 bits per heavy atom. The SMILES string of the molecule is CC(=O)OC1CC2(O)[C@@H]3CCC4(O)CC(O)CCC4(C)[C@H]3CCC2(C)C1C1=CC(=O)OC1.CC12CCC(OC(=O)C[N+](C)(C)C)CC1CC[C@@H]1[C@@H]2CCC2(C)C(C3=CC(=O)OC3)C(OC(=O)C[N+](C)(C)C)CC12O.CC12CCC3C(CCC4CC(O)CCC43C)C1CC/C2=N\NC(=O)c1ccc(F)cc1.CC12CCC3C(CC[C@H]4CC(O)CCC34C=O)C1(O)CCC2C1=CC(=O)OC1. The number of aldehydes is 1. The van der Waals surface area contributed by atoms with Gasteiger partial charge in [0.05, 0.1) is 83.0 Å². The number of amides is 1. The van der Waals surface area contributed by atoms with E-state index in [1.807, 2.05) is 42.3 Å². The second-order valence-corrected chi connectivity index (χ2v) is 49.9. The number of cyclic esters (lactones) is 3. The van der Waals surface area contributed by atoms with Gasteiger partial charge in [0.15, 0.2) is 13.1 Å². The van der Waals surface area contributed by atoms with Crippen LogP contribution >= 0.6 is 0 Å². The van der Waals surface area contributed by atoms with E-state index in [9.17, 15) is 78.5 Å². The molecule has 0 bridgehead atoms. The minimum absolute atomic E-state index is 0.0385. The van der Waals surface area contributed by atoms with Gasteiger partial charge in [-0.05, 0) is 333 Å². The van der Waals surface area contributed by atoms with Crippen LogP contribution in [0.25, 0.3) is 0 Å². The van der Waals surface area contributed by atoms with Gasteiger partial charge in [-0.2, -0.15) is 5.10 Å². The van der Waals surface area contributed by atoms with Crippen LogP contribution in [-0.2, 0) is 62.0 Å². The van der Waals surface area contributed by atoms with Crippen LogP contribution in [0.15, 0.2) is 64.3 Å². The number of fused-ring (bicyclic) bond motifs is 20. The molecule has 0 aromatic heterocycles. The predicted molar refractivity (Wildman–Crippen MR) is 492 cm³/mol. The lowest BCUT2D eigenvalue weighted by Crippen LogP contribution is -2.67. The molecular weight excluding hydrogens is 1700 g/mol. The van der Waals surface area contributed by atoms with Crippen LogP contribution < -0.4 is 5.43 Å². The lowest BCUT2D eigenvalue weighted by molar-refractivity contribution is -0.862. The van der Waals surface area contributed by atoms with Gasteiger partial charge in [0.1, 0.15) is 50.2 Å². The maximum atomic E-state index is 13.1. The van der Waals surface area contributed by atoms with Gasteiger partial charge < -0.3 is 77.9 Å². The van der Waals surface area contributed by atoms with Gasteiger partial charge >= 0.3 is 35.8 Å². The number of ether oxygens (including phenoxy) is 6. The average molecular weight is 1850 g/mol. The van der Waals surface area contributed by atoms with Crippen molar-refractivity contribution in [1.29, 1.82) is 0 Å². The number of halogens is 1. The molecule has 3 heterocycles. The monoisotopic (exact) mass is 1850 g/mol. The molecule has 16 saturated carbocycles. The highest BCUT2D eigenvalue weighted by Gasteiger charge is 2.76. The number of nitrogens with zero attached hydrogens (tertiary/aromatic N) is 3. The quantitative estimate of drug-likeness (QED) is 0.0299. The van der Waals surface area contributed by atoms with Crippen molar-refractivity contribution in [2.75, 3.05) is 75.2 Å². The molecule has 1 aromatic carbocycles. The predicted octanol–water partition coefficient (Wildman–Crippen LogP) is 13.4. The molecule has 19 aliphatic rings. The Morgan fingerprint density at radius 3 is 1.56 bits per heavy atom. The van der Waals surface area contributed by atoms with Crippen LogP contribution in [0.3, 0.4) is 0 Å². The molecule has 0 saturated heterocycles. The van der Waals surface area contributed by atoms with Gasteiger partial charge in [0, 0.05) is 94.6 Å². The Bertz CT molecular complexity index is 4790. The summed E-state index contributed by atoms with van der Waals surface area (Å²) >= 11 is 0. The van der Waals surface area contributed by atoms with Crippen molar-refractivity contribution in [2.24, 2.45) is 137 Å². The number of hydrogen-bond donors (Lipinski definition) is 8. The first kappa shape index (κ1) is 98.3. The number of carbonyl (C=O) groups is 8. The van der Waals surface area contributed by atoms with E-state index in [1.54, 1.807) is 12.2 Å². The number of aliphatic hydroxyl groups is 7. The van der Waals surface area contributed by atoms with Crippen molar-refractivity contribution in [2.45, 2.75) is 333 Å². The number of rotatable bonds is 13. The molecule has 8 N–H and O–H groups in total. The third-order valence-electron chi connectivity index (χ3n) is 41.5. The number of carbonyl (C=O) groups excluding carboxylic acids is 8. The molecule has 16 fully saturated rings. The Labute approximate surface area is 786 Å². The van der Waals surface area contributed by atoms with Crippen molar-refractivity contribution in [3.63, 3.8) is 0 Å². The summed E-state index contributed by atoms with van der Waals surface area (Å²) < 4.78 is 47.8. The lowest BCUT2D eigenvalue weighted by Gasteiger charge is -2.65. The highest BCUT2D eigenvalue weighted by Crippen LogP contribution is 2.76. The zero-order valence-electron chi connectivity index (χ0n) is 81.9. The van der Waals surface area contributed by atoms with E-state index in [1.165, 1.54) is 62.8 Å². The van der Waals surface area contributed by atoms with Crippen LogP contribution in [0, 0.1) is 138 Å². The molecule has 33 atom stereocenters. The van der Waals surface area contributed by atoms with Crippen molar-refractivity contribution >= 4 is 53.7 Å². The van der Waals surface area contributed by atoms with E-state index in [2.05, 4.69) is 59.0 Å². The third kappa shape index (κ3) is 16.8. The fourth-order valence-corrected chi connectivity index (χ4v) is 34.9. The number of likely N-dealkylation sites (N-methyl/N-ethyl adjacent to an activating group) is 2. The summed E-state index contributed by atoms with van der Waals surface area (Å²) in [4.78, 5) is 98.2. The maximum absolute atomic E-state index is 13.1. The largest absolute Gasteiger partial charge is 0.462 e. The molecule has 736 valence electrons. The summed E-state index contributed by atoms with van der Waals surface area (Å²) in [5, 5.41) is 84.2. The van der Waals surface area contributed by atoms with Crippen LogP contribution in [-0.4, -0.2) is 233 Å². The molecule has 133 heavy (non-hydrogen) atoms. The Hall–Kier alpha value is -6.36. The molecule has 16 aliphatic carbocycles. The average Bonchev–Trinajstić information content (AvgIpc) is 1.55. The lowest BCUT2D eigenvalue weighted by atomic mass is 9.42. The second-order valence-electron chi connectivity index (χ2n) is 49.9. The van der Waals surface area contributed by atoms with E-state index in [0.29, 0.717) is 108 Å². The molecule has 25 nitrogen and oxygen atoms in total. The first-order chi connectivity index (χ1) is 62.4. The topological polar surface area (TPSA) is 358 Å². The number of nitrogens with one attached hydrogen (secondary N) is 1. The van der Waals surface area contributed by atoms with Gasteiger partial charge in [-0.15, -0.1) is 0 Å². The Morgan fingerprint density at radius 1 is 0.474 bits per heavy atom. The highest BCUT2D eigenvalue weighted by molar-refractivity contribution is 5.97. The molecule has 0 radical (unpaired) electrons. The van der Waals surface area contributed by atoms with Crippen molar-refractivity contribution < 1.29 is 116 Å². The maximum Gasteiger partial charge on any atom is 0.362 e. The molecule has 3 aliphatic heterocycles. The van der Waals surface area contributed by atoms with Gasteiger partial charge in [0.2, 0.25) is 0 Å². The Kier molecular flexibility index (Phi) is 26.2. The summed E-state index contributed by atoms with van der Waals surface area (Å²) in [5.41, 5.74) is 1.60. The normalized spacial score (nSPS) is 46.9. The number of esters is 6. The van der Waals surface area contributed by atoms with Crippen molar-refractivity contribution in [3.8, 4) is 0 Å². The minimum atomic E-state index is -1.08. The standard InChI is InChI=1S/C33H54N2O7.C26H35FN2O2.C25H36O7.C23H32O5/c1-31-13-11-23(41-28(37)18-34(3,4)5)16-22(31)9-10-25-24(31)12-14-32(2)30(21-15-27(36)40-20-21)26(17-33(25,32)39)42-29(38)19-35(6,7)8;1-25-13-11-19(30)15-17(25)5-8-20-21-9-10-23(26(21,2)14-12-22(20)25)28-29-24(31)16-3-6-18(27)7-4-16;1-14(26)32-19-12-25(30)18-6-9-24(29)11-16(27)4-7-22(24,2)17(18)5-8-23(25,3)21(19)15-10-20(28)31-13-15;1-21-7-5-18-19(3-2-15-11-16(25)4-8-22(15,18)13-24)23(21,27)9-6-17(21)14-10-20(26)28-12-14/h15,22-26,30,39H,9-14,16-20H2,1-8H3;3-4,6-7,17,19-22,30H,5,8-15H2,1-2H3,(H,29,31);10,16-19,21,27,29-30H,4-9,11-13H2,1-3H3;10,13,15-19,25,27H,2-9,11-12H2,1H3/q+2;;;/b;28-23+;;/t22?,23?,24-,25+,26?,30?,31?,32?,33?;;16?,17-,18+,19?,21?,22?,23?,24?,25?;15-,16?,17?,18?,19?,21?,22?,23?/m0.00/s1. The molecule has 20 rings (SSSR count). The number of hydrazone groups is 1. The zero-order chi connectivity index (χ0) is 95.5. The fourth-order valence-electron chi connectivity index (χ4n) is 34.9. The van der Waals surface area contributed by atoms with Gasteiger partial charge in [-0.1, -0.05) is 48.5 Å². The van der Waals surface area contributed by atoms with Crippen LogP contribution in [0.5, 0.6) is 0 Å². The van der Waals surface area contributed by atoms with E-state index in [-0.39, 0.29) is 166 Å². The number of aliphatic hydroxyl groups excluding tert-OH is 3. The molecule has 1 aromatic rings. The summed E-state index contributed by atoms with van der Waals surface area (Å²) in [6, 6.07) is 5.60. The molecular formula is C107H157FN4O21+2. The van der Waals surface area contributed by atoms with E-state index < -0.39 is 51.5 Å².